The second kappa shape index (κ2) is 6.39. The van der Waals surface area contributed by atoms with Gasteiger partial charge in [-0.15, -0.1) is 0 Å². The van der Waals surface area contributed by atoms with Gasteiger partial charge < -0.3 is 11.1 Å². The predicted molar refractivity (Wildman–Crippen MR) is 85.0 cm³/mol. The van der Waals surface area contributed by atoms with Gasteiger partial charge in [0.05, 0.1) is 0 Å². The molecule has 4 nitrogen and oxygen atoms in total. The molecule has 1 aromatic heterocycles. The van der Waals surface area contributed by atoms with Crippen molar-refractivity contribution in [2.75, 3.05) is 5.73 Å². The fourth-order valence-corrected chi connectivity index (χ4v) is 2.11. The van der Waals surface area contributed by atoms with E-state index >= 15 is 0 Å². The Kier molecular flexibility index (Phi) is 4.58. The zero-order valence-corrected chi connectivity index (χ0v) is 12.5. The average molecular weight is 283 g/mol. The standard InChI is InChI=1S/C17H21N3O/c1-17(2,12-11-13-7-4-3-5-8-13)20-16(21)14-9-6-10-15(18)19-14/h3-10H,11-12H2,1-2H3,(H2,18,19)(H,20,21). The number of aromatic nitrogens is 1. The van der Waals surface area contributed by atoms with Gasteiger partial charge in [0.25, 0.3) is 5.91 Å². The highest BCUT2D eigenvalue weighted by atomic mass is 16.2. The highest BCUT2D eigenvalue weighted by molar-refractivity contribution is 5.93. The largest absolute Gasteiger partial charge is 0.384 e. The lowest BCUT2D eigenvalue weighted by molar-refractivity contribution is 0.0904. The van der Waals surface area contributed by atoms with Crippen LogP contribution in [0.5, 0.6) is 0 Å². The number of carbonyl (C=O) groups is 1. The van der Waals surface area contributed by atoms with Crippen molar-refractivity contribution in [3.63, 3.8) is 0 Å². The van der Waals surface area contributed by atoms with E-state index in [-0.39, 0.29) is 11.4 Å². The summed E-state index contributed by atoms with van der Waals surface area (Å²) in [6.45, 7) is 4.03. The Morgan fingerprint density at radius 3 is 2.52 bits per heavy atom. The van der Waals surface area contributed by atoms with Gasteiger partial charge >= 0.3 is 0 Å². The van der Waals surface area contributed by atoms with Crippen LogP contribution in [-0.4, -0.2) is 16.4 Å². The molecule has 2 aromatic rings. The molecule has 0 aliphatic carbocycles. The first-order valence-electron chi connectivity index (χ1n) is 7.05. The number of aryl methyl sites for hydroxylation is 1. The molecule has 1 aromatic carbocycles. The van der Waals surface area contributed by atoms with Gasteiger partial charge in [0.1, 0.15) is 11.5 Å². The summed E-state index contributed by atoms with van der Waals surface area (Å²) in [7, 11) is 0. The number of rotatable bonds is 5. The summed E-state index contributed by atoms with van der Waals surface area (Å²) in [4.78, 5) is 16.2. The van der Waals surface area contributed by atoms with Crippen LogP contribution in [0.2, 0.25) is 0 Å². The number of nitrogens with zero attached hydrogens (tertiary/aromatic N) is 1. The maximum Gasteiger partial charge on any atom is 0.270 e. The van der Waals surface area contributed by atoms with Crippen LogP contribution < -0.4 is 11.1 Å². The van der Waals surface area contributed by atoms with Gasteiger partial charge in [-0.05, 0) is 44.4 Å². The van der Waals surface area contributed by atoms with E-state index in [1.807, 2.05) is 32.0 Å². The summed E-state index contributed by atoms with van der Waals surface area (Å²) in [5.74, 6) is 0.158. The van der Waals surface area contributed by atoms with E-state index in [1.165, 1.54) is 5.56 Å². The van der Waals surface area contributed by atoms with Gasteiger partial charge in [0, 0.05) is 5.54 Å². The molecule has 0 atom stereocenters. The van der Waals surface area contributed by atoms with E-state index in [0.29, 0.717) is 11.5 Å². The summed E-state index contributed by atoms with van der Waals surface area (Å²) >= 11 is 0. The van der Waals surface area contributed by atoms with Gasteiger partial charge in [-0.25, -0.2) is 4.98 Å². The summed E-state index contributed by atoms with van der Waals surface area (Å²) in [5, 5.41) is 3.01. The van der Waals surface area contributed by atoms with E-state index in [9.17, 15) is 4.79 Å². The van der Waals surface area contributed by atoms with Crippen molar-refractivity contribution >= 4 is 11.7 Å². The quantitative estimate of drug-likeness (QED) is 0.886. The normalized spacial score (nSPS) is 11.1. The number of amides is 1. The lowest BCUT2D eigenvalue weighted by Gasteiger charge is -2.26. The monoisotopic (exact) mass is 283 g/mol. The summed E-state index contributed by atoms with van der Waals surface area (Å²) in [6.07, 6.45) is 1.77. The number of nitrogens with two attached hydrogens (primary N) is 1. The van der Waals surface area contributed by atoms with Crippen LogP contribution in [0.15, 0.2) is 48.5 Å². The first-order chi connectivity index (χ1) is 9.96. The second-order valence-electron chi connectivity index (χ2n) is 5.77. The molecule has 0 aliphatic heterocycles. The first-order valence-corrected chi connectivity index (χ1v) is 7.05. The summed E-state index contributed by atoms with van der Waals surface area (Å²) in [5.41, 5.74) is 6.91. The minimum absolute atomic E-state index is 0.194. The Hall–Kier alpha value is -2.36. The Morgan fingerprint density at radius 2 is 1.86 bits per heavy atom. The van der Waals surface area contributed by atoms with Crippen LogP contribution in [-0.2, 0) is 6.42 Å². The molecule has 1 heterocycles. The molecule has 0 spiro atoms. The van der Waals surface area contributed by atoms with Crippen LogP contribution in [0.25, 0.3) is 0 Å². The minimum atomic E-state index is -0.306. The highest BCUT2D eigenvalue weighted by Gasteiger charge is 2.21. The van der Waals surface area contributed by atoms with Crippen molar-refractivity contribution in [3.05, 3.63) is 59.8 Å². The van der Waals surface area contributed by atoms with Crippen LogP contribution >= 0.6 is 0 Å². The zero-order valence-electron chi connectivity index (χ0n) is 12.5. The van der Waals surface area contributed by atoms with Crippen molar-refractivity contribution in [2.45, 2.75) is 32.2 Å². The third kappa shape index (κ3) is 4.60. The van der Waals surface area contributed by atoms with Gasteiger partial charge in [-0.1, -0.05) is 36.4 Å². The zero-order chi connectivity index (χ0) is 15.3. The molecule has 0 saturated carbocycles. The van der Waals surface area contributed by atoms with Crippen molar-refractivity contribution in [3.8, 4) is 0 Å². The fraction of sp³-hybridized carbons (Fsp3) is 0.294. The number of carbonyl (C=O) groups excluding carboxylic acids is 1. The van der Waals surface area contributed by atoms with Gasteiger partial charge in [-0.3, -0.25) is 4.79 Å². The molecule has 0 unspecified atom stereocenters. The molecule has 1 amide bonds. The fourth-order valence-electron chi connectivity index (χ4n) is 2.11. The van der Waals surface area contributed by atoms with E-state index in [2.05, 4.69) is 22.4 Å². The first kappa shape index (κ1) is 15.0. The molecular weight excluding hydrogens is 262 g/mol. The van der Waals surface area contributed by atoms with E-state index in [4.69, 9.17) is 5.73 Å². The number of hydrogen-bond donors (Lipinski definition) is 2. The summed E-state index contributed by atoms with van der Waals surface area (Å²) < 4.78 is 0. The van der Waals surface area contributed by atoms with Gasteiger partial charge in [-0.2, -0.15) is 0 Å². The molecule has 0 aliphatic rings. The second-order valence-corrected chi connectivity index (χ2v) is 5.77. The number of anilines is 1. The third-order valence-corrected chi connectivity index (χ3v) is 3.34. The Morgan fingerprint density at radius 1 is 1.14 bits per heavy atom. The smallest absolute Gasteiger partial charge is 0.270 e. The predicted octanol–water partition coefficient (Wildman–Crippen LogP) is 2.81. The SMILES string of the molecule is CC(C)(CCc1ccccc1)NC(=O)c1cccc(N)n1. The molecule has 110 valence electrons. The van der Waals surface area contributed by atoms with E-state index in [0.717, 1.165) is 12.8 Å². The lowest BCUT2D eigenvalue weighted by Crippen LogP contribution is -2.44. The van der Waals surface area contributed by atoms with Gasteiger partial charge in [0.2, 0.25) is 0 Å². The lowest BCUT2D eigenvalue weighted by atomic mass is 9.95. The molecular formula is C17H21N3O. The maximum absolute atomic E-state index is 12.2. The van der Waals surface area contributed by atoms with Crippen LogP contribution in [0.3, 0.4) is 0 Å². The Balaban J connectivity index is 1.95. The molecule has 2 rings (SSSR count). The number of pyridine rings is 1. The van der Waals surface area contributed by atoms with Crippen molar-refractivity contribution in [1.29, 1.82) is 0 Å². The average Bonchev–Trinajstić information content (AvgIpc) is 2.46. The molecule has 4 heteroatoms. The molecule has 0 bridgehead atoms. The van der Waals surface area contributed by atoms with Crippen LogP contribution in [0.1, 0.15) is 36.3 Å². The molecule has 0 saturated heterocycles. The Labute approximate surface area is 125 Å². The summed E-state index contributed by atoms with van der Waals surface area (Å²) in [6, 6.07) is 15.3. The molecule has 3 N–H and O–H groups in total. The minimum Gasteiger partial charge on any atom is -0.384 e. The van der Waals surface area contributed by atoms with E-state index in [1.54, 1.807) is 18.2 Å². The van der Waals surface area contributed by atoms with E-state index < -0.39 is 0 Å². The van der Waals surface area contributed by atoms with Crippen LogP contribution in [0, 0.1) is 0 Å². The highest BCUT2D eigenvalue weighted by Crippen LogP contribution is 2.14. The number of hydrogen-bond acceptors (Lipinski definition) is 3. The number of benzene rings is 1. The molecule has 21 heavy (non-hydrogen) atoms. The van der Waals surface area contributed by atoms with Crippen molar-refractivity contribution in [1.82, 2.24) is 10.3 Å². The number of nitrogens with one attached hydrogen (secondary N) is 1. The third-order valence-electron chi connectivity index (χ3n) is 3.34. The van der Waals surface area contributed by atoms with Crippen LogP contribution in [0.4, 0.5) is 5.82 Å². The number of nitrogen functional groups attached to an aromatic ring is 1. The van der Waals surface area contributed by atoms with Crippen molar-refractivity contribution in [2.24, 2.45) is 0 Å². The topological polar surface area (TPSA) is 68.0 Å². The molecule has 0 fully saturated rings. The maximum atomic E-state index is 12.2. The van der Waals surface area contributed by atoms with Gasteiger partial charge in [0.15, 0.2) is 0 Å². The Bertz CT molecular complexity index is 608. The van der Waals surface area contributed by atoms with Crippen molar-refractivity contribution < 1.29 is 4.79 Å². The molecule has 0 radical (unpaired) electrons.